The van der Waals surface area contributed by atoms with E-state index < -0.39 is 0 Å². The molecule has 8 heteroatoms. The maximum atomic E-state index is 12.5. The number of benzene rings is 2. The van der Waals surface area contributed by atoms with Crippen molar-refractivity contribution in [1.82, 2.24) is 15.2 Å². The molecule has 2 aromatic carbocycles. The lowest BCUT2D eigenvalue weighted by Gasteiger charge is -2.13. The minimum atomic E-state index is -0.362. The van der Waals surface area contributed by atoms with Gasteiger partial charge in [0.2, 0.25) is 5.91 Å². The lowest BCUT2D eigenvalue weighted by molar-refractivity contribution is -0.115. The Morgan fingerprint density at radius 2 is 2.12 bits per heavy atom. The van der Waals surface area contributed by atoms with Crippen molar-refractivity contribution in [2.75, 3.05) is 12.4 Å². The molecule has 0 saturated carbocycles. The predicted octanol–water partition coefficient (Wildman–Crippen LogP) is 3.83. The number of furan rings is 1. The Bertz CT molecular complexity index is 1070. The highest BCUT2D eigenvalue weighted by atomic mass is 32.2. The summed E-state index contributed by atoms with van der Waals surface area (Å²) in [5.74, 6) is 0.412. The average Bonchev–Trinajstić information content (AvgIpc) is 3.27. The van der Waals surface area contributed by atoms with Crippen LogP contribution in [0.15, 0.2) is 52.3 Å². The van der Waals surface area contributed by atoms with Crippen molar-refractivity contribution in [3.63, 3.8) is 0 Å². The molecule has 26 heavy (non-hydrogen) atoms. The van der Waals surface area contributed by atoms with Gasteiger partial charge in [-0.25, -0.2) is 4.98 Å². The van der Waals surface area contributed by atoms with E-state index >= 15 is 0 Å². The molecule has 1 atom stereocenters. The first-order valence-corrected chi connectivity index (χ1v) is 8.86. The van der Waals surface area contributed by atoms with Crippen molar-refractivity contribution in [2.24, 2.45) is 0 Å². The number of H-pyrrole nitrogens is 1. The van der Waals surface area contributed by atoms with E-state index in [0.717, 1.165) is 16.4 Å². The molecule has 0 bridgehead atoms. The monoisotopic (exact) mass is 368 g/mol. The molecule has 4 aromatic rings. The second-order valence-electron chi connectivity index (χ2n) is 5.69. The number of methoxy groups -OCH3 is 1. The molecular weight excluding hydrogens is 352 g/mol. The van der Waals surface area contributed by atoms with Crippen LogP contribution in [0.1, 0.15) is 6.92 Å². The number of para-hydroxylation sites is 1. The SMILES string of the molecule is COc1cc2c(cc1NC(=O)[C@@H](C)Sc1ncn[nH]1)oc1ccccc12. The van der Waals surface area contributed by atoms with Crippen LogP contribution in [0.4, 0.5) is 5.69 Å². The van der Waals surface area contributed by atoms with E-state index in [9.17, 15) is 4.79 Å². The fourth-order valence-corrected chi connectivity index (χ4v) is 3.44. The third kappa shape index (κ3) is 2.99. The highest BCUT2D eigenvalue weighted by Gasteiger charge is 2.19. The first-order chi connectivity index (χ1) is 12.7. The first kappa shape index (κ1) is 16.5. The normalized spacial score (nSPS) is 12.4. The van der Waals surface area contributed by atoms with Gasteiger partial charge in [0, 0.05) is 16.8 Å². The Labute approximate surface area is 153 Å². The molecule has 0 aliphatic rings. The fraction of sp³-hybridized carbons (Fsp3) is 0.167. The number of fused-ring (bicyclic) bond motifs is 3. The van der Waals surface area contributed by atoms with Crippen LogP contribution in [0.5, 0.6) is 5.75 Å². The number of aromatic nitrogens is 3. The number of amides is 1. The van der Waals surface area contributed by atoms with Crippen LogP contribution < -0.4 is 10.1 Å². The molecule has 132 valence electrons. The van der Waals surface area contributed by atoms with Crippen LogP contribution in [-0.4, -0.2) is 33.4 Å². The summed E-state index contributed by atoms with van der Waals surface area (Å²) in [6.07, 6.45) is 1.41. The summed E-state index contributed by atoms with van der Waals surface area (Å²) < 4.78 is 11.4. The van der Waals surface area contributed by atoms with E-state index in [2.05, 4.69) is 20.5 Å². The Kier molecular flexibility index (Phi) is 4.26. The number of hydrogen-bond donors (Lipinski definition) is 2. The van der Waals surface area contributed by atoms with E-state index in [0.29, 0.717) is 22.2 Å². The number of aromatic amines is 1. The second-order valence-corrected chi connectivity index (χ2v) is 7.02. The van der Waals surface area contributed by atoms with Crippen molar-refractivity contribution in [3.8, 4) is 5.75 Å². The summed E-state index contributed by atoms with van der Waals surface area (Å²) in [4.78, 5) is 16.6. The number of hydrogen-bond acceptors (Lipinski definition) is 6. The first-order valence-electron chi connectivity index (χ1n) is 7.98. The molecule has 0 aliphatic carbocycles. The van der Waals surface area contributed by atoms with Gasteiger partial charge in [0.1, 0.15) is 23.2 Å². The quantitative estimate of drug-likeness (QED) is 0.520. The molecule has 0 saturated heterocycles. The highest BCUT2D eigenvalue weighted by Crippen LogP contribution is 2.36. The van der Waals surface area contributed by atoms with Crippen molar-refractivity contribution < 1.29 is 13.9 Å². The zero-order valence-corrected chi connectivity index (χ0v) is 15.0. The number of nitrogens with one attached hydrogen (secondary N) is 2. The van der Waals surface area contributed by atoms with Gasteiger partial charge in [-0.2, -0.15) is 5.10 Å². The van der Waals surface area contributed by atoms with Crippen LogP contribution in [0.2, 0.25) is 0 Å². The molecule has 7 nitrogen and oxygen atoms in total. The summed E-state index contributed by atoms with van der Waals surface area (Å²) in [6, 6.07) is 11.5. The Morgan fingerprint density at radius 1 is 1.27 bits per heavy atom. The number of thioether (sulfide) groups is 1. The van der Waals surface area contributed by atoms with E-state index in [-0.39, 0.29) is 11.2 Å². The number of ether oxygens (including phenoxy) is 1. The summed E-state index contributed by atoms with van der Waals surface area (Å²) >= 11 is 1.29. The van der Waals surface area contributed by atoms with Gasteiger partial charge in [-0.15, -0.1) is 0 Å². The molecule has 0 aliphatic heterocycles. The predicted molar refractivity (Wildman–Crippen MR) is 101 cm³/mol. The van der Waals surface area contributed by atoms with Gasteiger partial charge in [0.25, 0.3) is 0 Å². The Hall–Kier alpha value is -3.00. The van der Waals surface area contributed by atoms with Crippen molar-refractivity contribution >= 4 is 45.3 Å². The molecule has 2 N–H and O–H groups in total. The number of carbonyl (C=O) groups excluding carboxylic acids is 1. The van der Waals surface area contributed by atoms with E-state index in [1.54, 1.807) is 20.1 Å². The molecule has 0 unspecified atom stereocenters. The van der Waals surface area contributed by atoms with Crippen molar-refractivity contribution in [1.29, 1.82) is 0 Å². The Morgan fingerprint density at radius 3 is 2.88 bits per heavy atom. The molecule has 2 aromatic heterocycles. The van der Waals surface area contributed by atoms with Crippen molar-refractivity contribution in [2.45, 2.75) is 17.3 Å². The zero-order valence-electron chi connectivity index (χ0n) is 14.1. The molecule has 4 rings (SSSR count). The minimum Gasteiger partial charge on any atom is -0.495 e. The number of rotatable bonds is 5. The summed E-state index contributed by atoms with van der Waals surface area (Å²) in [5, 5.41) is 11.6. The van der Waals surface area contributed by atoms with Crippen LogP contribution in [0.25, 0.3) is 21.9 Å². The molecule has 0 spiro atoms. The third-order valence-corrected chi connectivity index (χ3v) is 4.99. The van der Waals surface area contributed by atoms with Crippen LogP contribution in [0.3, 0.4) is 0 Å². The second kappa shape index (κ2) is 6.72. The molecule has 2 heterocycles. The van der Waals surface area contributed by atoms with E-state index in [1.165, 1.54) is 18.1 Å². The lowest BCUT2D eigenvalue weighted by atomic mass is 10.1. The van der Waals surface area contributed by atoms with Crippen LogP contribution in [0, 0.1) is 0 Å². The van der Waals surface area contributed by atoms with E-state index in [1.807, 2.05) is 30.3 Å². The van der Waals surface area contributed by atoms with Gasteiger partial charge >= 0.3 is 0 Å². The zero-order chi connectivity index (χ0) is 18.1. The van der Waals surface area contributed by atoms with Crippen LogP contribution in [-0.2, 0) is 4.79 Å². The highest BCUT2D eigenvalue weighted by molar-refractivity contribution is 8.00. The lowest BCUT2D eigenvalue weighted by Crippen LogP contribution is -2.22. The van der Waals surface area contributed by atoms with Gasteiger partial charge in [0.15, 0.2) is 5.16 Å². The maximum absolute atomic E-state index is 12.5. The minimum absolute atomic E-state index is 0.167. The van der Waals surface area contributed by atoms with Gasteiger partial charge in [-0.05, 0) is 19.1 Å². The largest absolute Gasteiger partial charge is 0.495 e. The number of carbonyl (C=O) groups is 1. The smallest absolute Gasteiger partial charge is 0.237 e. The number of nitrogens with zero attached hydrogens (tertiary/aromatic N) is 2. The number of anilines is 1. The van der Waals surface area contributed by atoms with Gasteiger partial charge in [-0.1, -0.05) is 30.0 Å². The Balaban J connectivity index is 1.64. The third-order valence-electron chi connectivity index (χ3n) is 4.01. The topological polar surface area (TPSA) is 93.0 Å². The van der Waals surface area contributed by atoms with Gasteiger partial charge < -0.3 is 14.5 Å². The standard InChI is InChI=1S/C18H16N4O3S/c1-10(26-18-19-9-20-22-18)17(23)21-13-8-15-12(7-16(13)24-2)11-5-3-4-6-14(11)25-15/h3-10H,1-2H3,(H,21,23)(H,19,20,22)/t10-/m1/s1. The summed E-state index contributed by atoms with van der Waals surface area (Å²) in [7, 11) is 1.58. The van der Waals surface area contributed by atoms with E-state index in [4.69, 9.17) is 9.15 Å². The van der Waals surface area contributed by atoms with Crippen molar-refractivity contribution in [3.05, 3.63) is 42.7 Å². The fourth-order valence-electron chi connectivity index (χ4n) is 2.72. The molecule has 0 radical (unpaired) electrons. The molecule has 1 amide bonds. The van der Waals surface area contributed by atoms with Gasteiger partial charge in [0.05, 0.1) is 18.0 Å². The maximum Gasteiger partial charge on any atom is 0.237 e. The summed E-state index contributed by atoms with van der Waals surface area (Å²) in [6.45, 7) is 1.80. The molecular formula is C18H16N4O3S. The average molecular weight is 368 g/mol. The van der Waals surface area contributed by atoms with Gasteiger partial charge in [-0.3, -0.25) is 9.89 Å². The summed E-state index contributed by atoms with van der Waals surface area (Å²) in [5.41, 5.74) is 2.05. The molecule has 0 fully saturated rings. The van der Waals surface area contributed by atoms with Crippen LogP contribution >= 0.6 is 11.8 Å².